The first-order chi connectivity index (χ1) is 14.3. The zero-order valence-electron chi connectivity index (χ0n) is 18.2. The zero-order valence-corrected chi connectivity index (χ0v) is 19.7. The van der Waals surface area contributed by atoms with Crippen molar-refractivity contribution in [2.45, 2.75) is 59.2 Å². The van der Waals surface area contributed by atoms with Crippen molar-refractivity contribution in [2.24, 2.45) is 0 Å². The summed E-state index contributed by atoms with van der Waals surface area (Å²) < 4.78 is 6.59. The van der Waals surface area contributed by atoms with Crippen LogP contribution in [0.3, 0.4) is 0 Å². The lowest BCUT2D eigenvalue weighted by atomic mass is 10.1. The maximum absolute atomic E-state index is 13.1. The average molecular weight is 475 g/mol. The van der Waals surface area contributed by atoms with Gasteiger partial charge in [-0.3, -0.25) is 9.59 Å². The van der Waals surface area contributed by atoms with Crippen LogP contribution in [-0.2, 0) is 22.6 Å². The molecule has 0 saturated carbocycles. The van der Waals surface area contributed by atoms with Gasteiger partial charge in [-0.2, -0.15) is 0 Å². The van der Waals surface area contributed by atoms with Gasteiger partial charge in [0, 0.05) is 12.6 Å². The van der Waals surface area contributed by atoms with E-state index in [0.717, 1.165) is 22.9 Å². The number of benzene rings is 2. The summed E-state index contributed by atoms with van der Waals surface area (Å²) in [5.74, 6) is 0.205. The fraction of sp³-hybridized carbons (Fsp3) is 0.417. The van der Waals surface area contributed by atoms with Crippen LogP contribution >= 0.6 is 15.9 Å². The van der Waals surface area contributed by atoms with E-state index in [0.29, 0.717) is 12.3 Å². The number of hydrogen-bond acceptors (Lipinski definition) is 3. The van der Waals surface area contributed by atoms with Crippen LogP contribution in [0, 0.1) is 0 Å². The first-order valence-electron chi connectivity index (χ1n) is 10.4. The molecule has 0 aliphatic heterocycles. The molecule has 0 saturated heterocycles. The molecule has 0 aromatic heterocycles. The van der Waals surface area contributed by atoms with Crippen molar-refractivity contribution in [1.82, 2.24) is 10.2 Å². The molecule has 2 amide bonds. The third-order valence-corrected chi connectivity index (χ3v) is 5.74. The smallest absolute Gasteiger partial charge is 0.261 e. The molecule has 2 rings (SSSR count). The van der Waals surface area contributed by atoms with Gasteiger partial charge in [0.15, 0.2) is 6.61 Å². The molecule has 0 aliphatic rings. The van der Waals surface area contributed by atoms with E-state index in [-0.39, 0.29) is 24.5 Å². The van der Waals surface area contributed by atoms with Crippen LogP contribution in [0.25, 0.3) is 0 Å². The predicted molar refractivity (Wildman–Crippen MR) is 123 cm³/mol. The summed E-state index contributed by atoms with van der Waals surface area (Å²) in [6.07, 6.45) is 1.75. The topological polar surface area (TPSA) is 58.6 Å². The Morgan fingerprint density at radius 1 is 1.07 bits per heavy atom. The summed E-state index contributed by atoms with van der Waals surface area (Å²) in [5.41, 5.74) is 2.14. The molecule has 0 heterocycles. The minimum atomic E-state index is -0.610. The number of amides is 2. The van der Waals surface area contributed by atoms with Gasteiger partial charge in [-0.15, -0.1) is 0 Å². The standard InChI is InChI=1S/C24H31BrN2O3/c1-5-17(3)26-24(29)18(4)27(15-20-10-8-7-9-11-20)23(28)16-30-22-13-12-19(6-2)14-21(22)25/h7-14,17-18H,5-6,15-16H2,1-4H3,(H,26,29). The highest BCUT2D eigenvalue weighted by atomic mass is 79.9. The van der Waals surface area contributed by atoms with Crippen molar-refractivity contribution in [3.63, 3.8) is 0 Å². The van der Waals surface area contributed by atoms with Crippen molar-refractivity contribution in [3.05, 3.63) is 64.1 Å². The molecule has 0 bridgehead atoms. The molecule has 2 aromatic carbocycles. The van der Waals surface area contributed by atoms with Crippen molar-refractivity contribution in [2.75, 3.05) is 6.61 Å². The highest BCUT2D eigenvalue weighted by Gasteiger charge is 2.27. The second-order valence-corrected chi connectivity index (χ2v) is 8.26. The van der Waals surface area contributed by atoms with Gasteiger partial charge in [-0.05, 0) is 65.9 Å². The Morgan fingerprint density at radius 3 is 2.37 bits per heavy atom. The van der Waals surface area contributed by atoms with Crippen LogP contribution in [0.2, 0.25) is 0 Å². The Kier molecular flexibility index (Phi) is 9.37. The van der Waals surface area contributed by atoms with E-state index < -0.39 is 6.04 Å². The fourth-order valence-electron chi connectivity index (χ4n) is 2.93. The van der Waals surface area contributed by atoms with E-state index in [4.69, 9.17) is 4.74 Å². The first-order valence-corrected chi connectivity index (χ1v) is 11.2. The summed E-state index contributed by atoms with van der Waals surface area (Å²) in [5, 5.41) is 2.96. The van der Waals surface area contributed by atoms with Crippen LogP contribution in [0.5, 0.6) is 5.75 Å². The van der Waals surface area contributed by atoms with Crippen LogP contribution in [0.1, 0.15) is 45.2 Å². The summed E-state index contributed by atoms with van der Waals surface area (Å²) in [6.45, 7) is 8.00. The molecule has 0 radical (unpaired) electrons. The van der Waals surface area contributed by atoms with Crippen LogP contribution < -0.4 is 10.1 Å². The molecule has 6 heteroatoms. The molecule has 1 N–H and O–H groups in total. The van der Waals surface area contributed by atoms with Gasteiger partial charge in [0.2, 0.25) is 5.91 Å². The Bertz CT molecular complexity index is 842. The third-order valence-electron chi connectivity index (χ3n) is 5.12. The number of nitrogens with one attached hydrogen (secondary N) is 1. The quantitative estimate of drug-likeness (QED) is 0.541. The van der Waals surface area contributed by atoms with Gasteiger partial charge in [0.25, 0.3) is 5.91 Å². The lowest BCUT2D eigenvalue weighted by Gasteiger charge is -2.29. The van der Waals surface area contributed by atoms with Gasteiger partial charge < -0.3 is 15.0 Å². The zero-order chi connectivity index (χ0) is 22.1. The second-order valence-electron chi connectivity index (χ2n) is 7.41. The van der Waals surface area contributed by atoms with E-state index in [1.54, 1.807) is 11.8 Å². The highest BCUT2D eigenvalue weighted by Crippen LogP contribution is 2.26. The molecule has 0 aliphatic carbocycles. The van der Waals surface area contributed by atoms with Gasteiger partial charge in [0.05, 0.1) is 4.47 Å². The van der Waals surface area contributed by atoms with Crippen LogP contribution in [0.4, 0.5) is 0 Å². The molecular formula is C24H31BrN2O3. The van der Waals surface area contributed by atoms with E-state index in [2.05, 4.69) is 28.2 Å². The highest BCUT2D eigenvalue weighted by molar-refractivity contribution is 9.10. The van der Waals surface area contributed by atoms with Gasteiger partial charge in [-0.1, -0.05) is 50.2 Å². The first kappa shape index (κ1) is 23.9. The largest absolute Gasteiger partial charge is 0.483 e. The van der Waals surface area contributed by atoms with E-state index in [9.17, 15) is 9.59 Å². The molecule has 30 heavy (non-hydrogen) atoms. The summed E-state index contributed by atoms with van der Waals surface area (Å²) in [7, 11) is 0. The molecular weight excluding hydrogens is 444 g/mol. The van der Waals surface area contributed by atoms with Crippen LogP contribution in [0.15, 0.2) is 53.0 Å². The summed E-state index contributed by atoms with van der Waals surface area (Å²) in [6, 6.07) is 14.9. The number of aryl methyl sites for hydroxylation is 1. The van der Waals surface area contributed by atoms with Gasteiger partial charge in [-0.25, -0.2) is 0 Å². The molecule has 0 fully saturated rings. The molecule has 2 atom stereocenters. The maximum atomic E-state index is 13.1. The average Bonchev–Trinajstić information content (AvgIpc) is 2.76. The molecule has 5 nitrogen and oxygen atoms in total. The third kappa shape index (κ3) is 6.87. The van der Waals surface area contributed by atoms with Gasteiger partial charge in [0.1, 0.15) is 11.8 Å². The Hall–Kier alpha value is -2.34. The lowest BCUT2D eigenvalue weighted by Crippen LogP contribution is -2.50. The number of hydrogen-bond donors (Lipinski definition) is 1. The SMILES string of the molecule is CCc1ccc(OCC(=O)N(Cc2ccccc2)C(C)C(=O)NC(C)CC)c(Br)c1. The van der Waals surface area contributed by atoms with E-state index in [1.165, 1.54) is 5.56 Å². The lowest BCUT2D eigenvalue weighted by molar-refractivity contribution is -0.142. The minimum Gasteiger partial charge on any atom is -0.483 e. The number of carbonyl (C=O) groups is 2. The van der Waals surface area contributed by atoms with Crippen molar-refractivity contribution >= 4 is 27.7 Å². The summed E-state index contributed by atoms with van der Waals surface area (Å²) >= 11 is 3.50. The van der Waals surface area contributed by atoms with E-state index in [1.807, 2.05) is 62.4 Å². The molecule has 2 aromatic rings. The minimum absolute atomic E-state index is 0.0536. The van der Waals surface area contributed by atoms with Gasteiger partial charge >= 0.3 is 0 Å². The summed E-state index contributed by atoms with van der Waals surface area (Å²) in [4.78, 5) is 27.3. The number of rotatable bonds is 10. The molecule has 2 unspecified atom stereocenters. The predicted octanol–water partition coefficient (Wildman–Crippen LogP) is 4.72. The Morgan fingerprint density at radius 2 is 1.77 bits per heavy atom. The normalized spacial score (nSPS) is 12.7. The number of ether oxygens (including phenoxy) is 1. The van der Waals surface area contributed by atoms with Crippen molar-refractivity contribution in [3.8, 4) is 5.75 Å². The Labute approximate surface area is 187 Å². The number of nitrogens with zero attached hydrogens (tertiary/aromatic N) is 1. The van der Waals surface area contributed by atoms with E-state index >= 15 is 0 Å². The molecule has 0 spiro atoms. The van der Waals surface area contributed by atoms with Crippen molar-refractivity contribution < 1.29 is 14.3 Å². The monoisotopic (exact) mass is 474 g/mol. The Balaban J connectivity index is 2.14. The second kappa shape index (κ2) is 11.7. The fourth-order valence-corrected chi connectivity index (χ4v) is 3.47. The molecule has 162 valence electrons. The number of halogens is 1. The van der Waals surface area contributed by atoms with Crippen LogP contribution in [-0.4, -0.2) is 35.4 Å². The number of carbonyl (C=O) groups excluding carboxylic acids is 2. The van der Waals surface area contributed by atoms with Crippen molar-refractivity contribution in [1.29, 1.82) is 0 Å². The maximum Gasteiger partial charge on any atom is 0.261 e.